The van der Waals surface area contributed by atoms with Crippen LogP contribution in [-0.2, 0) is 21.0 Å². The summed E-state index contributed by atoms with van der Waals surface area (Å²) in [4.78, 5) is 12.2. The van der Waals surface area contributed by atoms with Gasteiger partial charge in [0.1, 0.15) is 11.8 Å². The van der Waals surface area contributed by atoms with Crippen molar-refractivity contribution in [1.29, 1.82) is 0 Å². The molecule has 0 bridgehead atoms. The SMILES string of the molecule is CCOc1ccccc1NC(=O)C(NS(=O)(=O)c1cccc(C(F)(F)F)c1)C(C)C. The van der Waals surface area contributed by atoms with Crippen molar-refractivity contribution in [3.8, 4) is 5.75 Å². The van der Waals surface area contributed by atoms with Gasteiger partial charge in [-0.3, -0.25) is 4.79 Å². The van der Waals surface area contributed by atoms with E-state index >= 15 is 0 Å². The van der Waals surface area contributed by atoms with E-state index in [2.05, 4.69) is 10.0 Å². The van der Waals surface area contributed by atoms with Crippen molar-refractivity contribution in [2.45, 2.75) is 37.9 Å². The van der Waals surface area contributed by atoms with Gasteiger partial charge in [0.25, 0.3) is 0 Å². The third-order valence-corrected chi connectivity index (χ3v) is 5.59. The lowest BCUT2D eigenvalue weighted by molar-refractivity contribution is -0.137. The number of benzene rings is 2. The first-order chi connectivity index (χ1) is 14.0. The molecule has 0 heterocycles. The predicted molar refractivity (Wildman–Crippen MR) is 107 cm³/mol. The number of nitrogens with one attached hydrogen (secondary N) is 2. The summed E-state index contributed by atoms with van der Waals surface area (Å²) >= 11 is 0. The van der Waals surface area contributed by atoms with Crippen LogP contribution in [0.1, 0.15) is 26.3 Å². The Labute approximate surface area is 173 Å². The van der Waals surface area contributed by atoms with E-state index < -0.39 is 44.5 Å². The molecule has 0 fully saturated rings. The summed E-state index contributed by atoms with van der Waals surface area (Å²) in [6.07, 6.45) is -4.69. The van der Waals surface area contributed by atoms with Gasteiger partial charge in [0.15, 0.2) is 0 Å². The zero-order valence-corrected chi connectivity index (χ0v) is 17.5. The van der Waals surface area contributed by atoms with Crippen molar-refractivity contribution in [2.24, 2.45) is 5.92 Å². The molecule has 0 spiro atoms. The van der Waals surface area contributed by atoms with Crippen molar-refractivity contribution in [3.05, 3.63) is 54.1 Å². The summed E-state index contributed by atoms with van der Waals surface area (Å²) in [5.41, 5.74) is -0.741. The number of sulfonamides is 1. The Morgan fingerprint density at radius 1 is 1.10 bits per heavy atom. The van der Waals surface area contributed by atoms with Crippen molar-refractivity contribution < 1.29 is 31.1 Å². The molecule has 1 unspecified atom stereocenters. The van der Waals surface area contributed by atoms with Crippen LogP contribution < -0.4 is 14.8 Å². The fourth-order valence-electron chi connectivity index (χ4n) is 2.63. The number of para-hydroxylation sites is 2. The first kappa shape index (κ1) is 23.7. The minimum absolute atomic E-state index is 0.355. The van der Waals surface area contributed by atoms with Gasteiger partial charge >= 0.3 is 6.18 Å². The number of hydrogen-bond acceptors (Lipinski definition) is 4. The molecule has 10 heteroatoms. The van der Waals surface area contributed by atoms with E-state index in [1.165, 1.54) is 0 Å². The van der Waals surface area contributed by atoms with Gasteiger partial charge in [0.05, 0.1) is 22.8 Å². The number of halogens is 3. The van der Waals surface area contributed by atoms with E-state index in [0.29, 0.717) is 24.1 Å². The summed E-state index contributed by atoms with van der Waals surface area (Å²) < 4.78 is 71.8. The number of amides is 1. The maximum Gasteiger partial charge on any atom is 0.416 e. The lowest BCUT2D eigenvalue weighted by atomic mass is 10.0. The number of carbonyl (C=O) groups excluding carboxylic acids is 1. The van der Waals surface area contributed by atoms with Gasteiger partial charge in [0.2, 0.25) is 15.9 Å². The maximum atomic E-state index is 12.9. The van der Waals surface area contributed by atoms with Crippen LogP contribution in [0, 0.1) is 5.92 Å². The van der Waals surface area contributed by atoms with E-state index in [-0.39, 0.29) is 0 Å². The standard InChI is InChI=1S/C20H23F3N2O4S/c1-4-29-17-11-6-5-10-16(17)24-19(26)18(13(2)3)25-30(27,28)15-9-7-8-14(12-15)20(21,22)23/h5-13,18,25H,4H2,1-3H3,(H,24,26). The van der Waals surface area contributed by atoms with E-state index in [1.807, 2.05) is 0 Å². The first-order valence-electron chi connectivity index (χ1n) is 9.18. The van der Waals surface area contributed by atoms with Gasteiger partial charge in [-0.05, 0) is 43.2 Å². The topological polar surface area (TPSA) is 84.5 Å². The van der Waals surface area contributed by atoms with Crippen molar-refractivity contribution in [3.63, 3.8) is 0 Å². The van der Waals surface area contributed by atoms with Gasteiger partial charge in [-0.2, -0.15) is 17.9 Å². The molecule has 0 saturated carbocycles. The molecule has 2 rings (SSSR count). The zero-order chi connectivity index (χ0) is 22.5. The van der Waals surface area contributed by atoms with E-state index in [0.717, 1.165) is 18.2 Å². The summed E-state index contributed by atoms with van der Waals surface area (Å²) in [7, 11) is -4.39. The molecule has 0 saturated heterocycles. The largest absolute Gasteiger partial charge is 0.492 e. The Kier molecular flexibility index (Phi) is 7.49. The van der Waals surface area contributed by atoms with Crippen LogP contribution in [0.15, 0.2) is 53.4 Å². The highest BCUT2D eigenvalue weighted by Crippen LogP contribution is 2.30. The Balaban J connectivity index is 2.28. The molecule has 2 aromatic carbocycles. The molecule has 0 radical (unpaired) electrons. The second-order valence-corrected chi connectivity index (χ2v) is 8.50. The van der Waals surface area contributed by atoms with E-state index in [1.54, 1.807) is 45.0 Å². The van der Waals surface area contributed by atoms with Gasteiger partial charge in [-0.15, -0.1) is 0 Å². The monoisotopic (exact) mass is 444 g/mol. The molecule has 1 atom stereocenters. The Morgan fingerprint density at radius 2 is 1.77 bits per heavy atom. The molecule has 0 aliphatic carbocycles. The lowest BCUT2D eigenvalue weighted by Crippen LogP contribution is -2.47. The predicted octanol–water partition coefficient (Wildman–Crippen LogP) is 4.05. The van der Waals surface area contributed by atoms with Gasteiger partial charge in [0, 0.05) is 0 Å². The maximum absolute atomic E-state index is 12.9. The summed E-state index contributed by atoms with van der Waals surface area (Å²) in [5.74, 6) is -0.728. The van der Waals surface area contributed by atoms with Crippen molar-refractivity contribution in [1.82, 2.24) is 4.72 Å². The molecule has 164 valence electrons. The number of rotatable bonds is 8. The second-order valence-electron chi connectivity index (χ2n) is 6.79. The number of hydrogen-bond donors (Lipinski definition) is 2. The second kappa shape index (κ2) is 9.48. The molecule has 0 aliphatic heterocycles. The smallest absolute Gasteiger partial charge is 0.416 e. The highest BCUT2D eigenvalue weighted by Gasteiger charge is 2.33. The molecule has 0 aliphatic rings. The molecule has 30 heavy (non-hydrogen) atoms. The molecule has 0 aromatic heterocycles. The van der Waals surface area contributed by atoms with Gasteiger partial charge in [-0.25, -0.2) is 8.42 Å². The average Bonchev–Trinajstić information content (AvgIpc) is 2.67. The number of anilines is 1. The van der Waals surface area contributed by atoms with Crippen LogP contribution >= 0.6 is 0 Å². The van der Waals surface area contributed by atoms with Crippen molar-refractivity contribution in [2.75, 3.05) is 11.9 Å². The molecule has 6 nitrogen and oxygen atoms in total. The minimum atomic E-state index is -4.69. The van der Waals surface area contributed by atoms with E-state index in [9.17, 15) is 26.4 Å². The van der Waals surface area contributed by atoms with Crippen LogP contribution in [0.25, 0.3) is 0 Å². The number of ether oxygens (including phenoxy) is 1. The molecular formula is C20H23F3N2O4S. The summed E-state index contributed by atoms with van der Waals surface area (Å²) in [6.45, 7) is 5.38. The fraction of sp³-hybridized carbons (Fsp3) is 0.350. The van der Waals surface area contributed by atoms with Crippen LogP contribution in [0.2, 0.25) is 0 Å². The fourth-order valence-corrected chi connectivity index (χ4v) is 4.02. The average molecular weight is 444 g/mol. The molecule has 1 amide bonds. The third-order valence-electron chi connectivity index (χ3n) is 4.15. The third kappa shape index (κ3) is 5.96. The molecular weight excluding hydrogens is 421 g/mol. The quantitative estimate of drug-likeness (QED) is 0.644. The first-order valence-corrected chi connectivity index (χ1v) is 10.7. The van der Waals surface area contributed by atoms with Crippen LogP contribution in [0.3, 0.4) is 0 Å². The van der Waals surface area contributed by atoms with Crippen LogP contribution in [-0.4, -0.2) is 27.0 Å². The molecule has 2 aromatic rings. The van der Waals surface area contributed by atoms with Crippen molar-refractivity contribution >= 4 is 21.6 Å². The number of carbonyl (C=O) groups is 1. The van der Waals surface area contributed by atoms with Gasteiger partial charge < -0.3 is 10.1 Å². The Morgan fingerprint density at radius 3 is 2.37 bits per heavy atom. The lowest BCUT2D eigenvalue weighted by Gasteiger charge is -2.22. The van der Waals surface area contributed by atoms with Crippen LogP contribution in [0.5, 0.6) is 5.75 Å². The van der Waals surface area contributed by atoms with Crippen LogP contribution in [0.4, 0.5) is 18.9 Å². The highest BCUT2D eigenvalue weighted by molar-refractivity contribution is 7.89. The zero-order valence-electron chi connectivity index (χ0n) is 16.7. The normalized spacial score (nSPS) is 13.2. The Hall–Kier alpha value is -2.59. The number of alkyl halides is 3. The summed E-state index contributed by atoms with van der Waals surface area (Å²) in [5, 5.41) is 2.62. The Bertz CT molecular complexity index is 992. The van der Waals surface area contributed by atoms with Gasteiger partial charge in [-0.1, -0.05) is 32.0 Å². The minimum Gasteiger partial charge on any atom is -0.492 e. The van der Waals surface area contributed by atoms with E-state index in [4.69, 9.17) is 4.74 Å². The molecule has 2 N–H and O–H groups in total. The summed E-state index contributed by atoms with van der Waals surface area (Å²) in [6, 6.07) is 8.76. The highest BCUT2D eigenvalue weighted by atomic mass is 32.2.